The maximum Gasteiger partial charge on any atom is 0.152 e. The van der Waals surface area contributed by atoms with E-state index in [-0.39, 0.29) is 11.9 Å². The first-order chi connectivity index (χ1) is 8.61. The highest BCUT2D eigenvalue weighted by Gasteiger charge is 2.17. The van der Waals surface area contributed by atoms with Gasteiger partial charge in [-0.3, -0.25) is 0 Å². The Morgan fingerprint density at radius 3 is 2.61 bits per heavy atom. The summed E-state index contributed by atoms with van der Waals surface area (Å²) in [6.45, 7) is 1.92. The molecule has 1 aromatic heterocycles. The molecule has 2 N–H and O–H groups in total. The van der Waals surface area contributed by atoms with Crippen LogP contribution in [0.3, 0.4) is 0 Å². The molecule has 94 valence electrons. The van der Waals surface area contributed by atoms with Gasteiger partial charge in [0.15, 0.2) is 5.82 Å². The number of rotatable bonds is 3. The molecule has 0 fully saturated rings. The Bertz CT molecular complexity index is 493. The van der Waals surface area contributed by atoms with Crippen LogP contribution >= 0.6 is 0 Å². The lowest BCUT2D eigenvalue weighted by Gasteiger charge is -2.27. The van der Waals surface area contributed by atoms with Crippen LogP contribution in [-0.4, -0.2) is 12.0 Å². The summed E-state index contributed by atoms with van der Waals surface area (Å²) in [5, 5.41) is 0. The zero-order chi connectivity index (χ0) is 13.1. The van der Waals surface area contributed by atoms with E-state index in [1.54, 1.807) is 30.5 Å². The van der Waals surface area contributed by atoms with Gasteiger partial charge >= 0.3 is 0 Å². The predicted octanol–water partition coefficient (Wildman–Crippen LogP) is 3.00. The third-order valence-electron chi connectivity index (χ3n) is 3.09. The van der Waals surface area contributed by atoms with Crippen LogP contribution in [0.5, 0.6) is 0 Å². The molecule has 3 nitrogen and oxygen atoms in total. The first kappa shape index (κ1) is 12.4. The lowest BCUT2D eigenvalue weighted by molar-refractivity contribution is 0.584. The van der Waals surface area contributed by atoms with Crippen LogP contribution in [0, 0.1) is 5.82 Å². The van der Waals surface area contributed by atoms with E-state index in [0.717, 1.165) is 0 Å². The summed E-state index contributed by atoms with van der Waals surface area (Å²) in [5.74, 6) is 0.444. The van der Waals surface area contributed by atoms with E-state index in [1.807, 2.05) is 24.9 Å². The van der Waals surface area contributed by atoms with E-state index in [9.17, 15) is 4.39 Å². The molecule has 0 saturated carbocycles. The number of anilines is 2. The van der Waals surface area contributed by atoms with Crippen molar-refractivity contribution in [2.75, 3.05) is 17.7 Å². The van der Waals surface area contributed by atoms with E-state index in [0.29, 0.717) is 17.1 Å². The van der Waals surface area contributed by atoms with Crippen LogP contribution in [0.1, 0.15) is 18.5 Å². The van der Waals surface area contributed by atoms with Crippen LogP contribution in [0.4, 0.5) is 15.9 Å². The normalized spacial score (nSPS) is 12.2. The largest absolute Gasteiger partial charge is 0.396 e. The maximum atomic E-state index is 13.7. The van der Waals surface area contributed by atoms with E-state index in [1.165, 1.54) is 6.07 Å². The van der Waals surface area contributed by atoms with E-state index in [4.69, 9.17) is 5.73 Å². The summed E-state index contributed by atoms with van der Waals surface area (Å²) in [7, 11) is 1.86. The highest BCUT2D eigenvalue weighted by Crippen LogP contribution is 2.28. The summed E-state index contributed by atoms with van der Waals surface area (Å²) in [4.78, 5) is 6.10. The average molecular weight is 245 g/mol. The minimum absolute atomic E-state index is 0.136. The van der Waals surface area contributed by atoms with Gasteiger partial charge < -0.3 is 10.6 Å². The van der Waals surface area contributed by atoms with Gasteiger partial charge in [-0.05, 0) is 25.1 Å². The molecule has 0 aliphatic carbocycles. The van der Waals surface area contributed by atoms with Crippen molar-refractivity contribution in [1.82, 2.24) is 4.98 Å². The zero-order valence-corrected chi connectivity index (χ0v) is 10.5. The molecule has 0 amide bonds. The quantitative estimate of drug-likeness (QED) is 0.903. The van der Waals surface area contributed by atoms with Gasteiger partial charge in [0.1, 0.15) is 5.82 Å². The van der Waals surface area contributed by atoms with Crippen molar-refractivity contribution in [2.24, 2.45) is 0 Å². The van der Waals surface area contributed by atoms with Crippen LogP contribution in [0.2, 0.25) is 0 Å². The third kappa shape index (κ3) is 2.27. The molecular weight excluding hydrogens is 229 g/mol. The van der Waals surface area contributed by atoms with Gasteiger partial charge in [0.2, 0.25) is 0 Å². The lowest BCUT2D eigenvalue weighted by atomic mass is 10.1. The van der Waals surface area contributed by atoms with Gasteiger partial charge in [0.05, 0.1) is 11.7 Å². The van der Waals surface area contributed by atoms with Gasteiger partial charge in [-0.25, -0.2) is 9.37 Å². The van der Waals surface area contributed by atoms with Crippen LogP contribution in [0.15, 0.2) is 42.6 Å². The fourth-order valence-electron chi connectivity index (χ4n) is 1.91. The number of nitrogen functional groups attached to an aromatic ring is 1. The fraction of sp³-hybridized carbons (Fsp3) is 0.214. The summed E-state index contributed by atoms with van der Waals surface area (Å²) < 4.78 is 13.7. The second-order valence-electron chi connectivity index (χ2n) is 4.22. The number of benzene rings is 1. The standard InChI is InChI=1S/C14H16FN3/c1-10(11-6-3-4-7-12(11)15)18(2)14-13(16)8-5-9-17-14/h3-10H,16H2,1-2H3. The van der Waals surface area contributed by atoms with Crippen LogP contribution in [0.25, 0.3) is 0 Å². The molecule has 1 unspecified atom stereocenters. The molecule has 1 atom stereocenters. The predicted molar refractivity (Wildman–Crippen MR) is 71.9 cm³/mol. The van der Waals surface area contributed by atoms with Gasteiger partial charge in [-0.2, -0.15) is 0 Å². The van der Waals surface area contributed by atoms with Gasteiger partial charge in [-0.15, -0.1) is 0 Å². The zero-order valence-electron chi connectivity index (χ0n) is 10.5. The molecule has 2 rings (SSSR count). The number of aromatic nitrogens is 1. The maximum absolute atomic E-state index is 13.7. The van der Waals surface area contributed by atoms with Crippen molar-refractivity contribution >= 4 is 11.5 Å². The molecule has 0 spiro atoms. The van der Waals surface area contributed by atoms with Crippen molar-refractivity contribution in [3.63, 3.8) is 0 Å². The number of hydrogen-bond acceptors (Lipinski definition) is 3. The average Bonchev–Trinajstić information content (AvgIpc) is 2.38. The number of nitrogens with two attached hydrogens (primary N) is 1. The van der Waals surface area contributed by atoms with E-state index >= 15 is 0 Å². The molecule has 0 aliphatic heterocycles. The molecule has 0 bridgehead atoms. The second-order valence-corrected chi connectivity index (χ2v) is 4.22. The number of hydrogen-bond donors (Lipinski definition) is 1. The van der Waals surface area contributed by atoms with E-state index in [2.05, 4.69) is 4.98 Å². The Morgan fingerprint density at radius 2 is 1.94 bits per heavy atom. The minimum Gasteiger partial charge on any atom is -0.396 e. The summed E-state index contributed by atoms with van der Waals surface area (Å²) in [5.41, 5.74) is 7.09. The molecule has 0 saturated heterocycles. The Morgan fingerprint density at radius 1 is 1.22 bits per heavy atom. The Labute approximate surface area is 106 Å². The Kier molecular flexibility index (Phi) is 3.46. The Hall–Kier alpha value is -2.10. The number of nitrogens with zero attached hydrogens (tertiary/aromatic N) is 2. The Balaban J connectivity index is 2.33. The van der Waals surface area contributed by atoms with Crippen LogP contribution in [-0.2, 0) is 0 Å². The SMILES string of the molecule is CC(c1ccccc1F)N(C)c1ncccc1N. The summed E-state index contributed by atoms with van der Waals surface area (Å²) in [6, 6.07) is 10.2. The number of pyridine rings is 1. The molecule has 0 aliphatic rings. The topological polar surface area (TPSA) is 42.2 Å². The molecule has 1 heterocycles. The molecule has 2 aromatic rings. The van der Waals surface area contributed by atoms with Gasteiger partial charge in [-0.1, -0.05) is 18.2 Å². The van der Waals surface area contributed by atoms with Crippen molar-refractivity contribution in [3.8, 4) is 0 Å². The molecular formula is C14H16FN3. The molecule has 1 aromatic carbocycles. The lowest BCUT2D eigenvalue weighted by Crippen LogP contribution is -2.24. The summed E-state index contributed by atoms with van der Waals surface area (Å²) in [6.07, 6.45) is 1.68. The molecule has 4 heteroatoms. The molecule has 0 radical (unpaired) electrons. The van der Waals surface area contributed by atoms with Gasteiger partial charge in [0, 0.05) is 18.8 Å². The monoisotopic (exact) mass is 245 g/mol. The minimum atomic E-state index is -0.216. The highest BCUT2D eigenvalue weighted by molar-refractivity contribution is 5.62. The fourth-order valence-corrected chi connectivity index (χ4v) is 1.91. The highest BCUT2D eigenvalue weighted by atomic mass is 19.1. The van der Waals surface area contributed by atoms with Gasteiger partial charge in [0.25, 0.3) is 0 Å². The van der Waals surface area contributed by atoms with Crippen molar-refractivity contribution in [3.05, 3.63) is 54.0 Å². The van der Waals surface area contributed by atoms with Crippen molar-refractivity contribution < 1.29 is 4.39 Å². The third-order valence-corrected chi connectivity index (χ3v) is 3.09. The van der Waals surface area contributed by atoms with Crippen molar-refractivity contribution in [1.29, 1.82) is 0 Å². The first-order valence-electron chi connectivity index (χ1n) is 5.79. The second kappa shape index (κ2) is 5.04. The molecule has 18 heavy (non-hydrogen) atoms. The summed E-state index contributed by atoms with van der Waals surface area (Å²) >= 11 is 0. The number of halogens is 1. The van der Waals surface area contributed by atoms with Crippen molar-refractivity contribution in [2.45, 2.75) is 13.0 Å². The van der Waals surface area contributed by atoms with E-state index < -0.39 is 0 Å². The smallest absolute Gasteiger partial charge is 0.152 e. The first-order valence-corrected chi connectivity index (χ1v) is 5.79. The van der Waals surface area contributed by atoms with Crippen LogP contribution < -0.4 is 10.6 Å².